The van der Waals surface area contributed by atoms with Crippen molar-refractivity contribution in [3.63, 3.8) is 0 Å². The first-order valence-corrected chi connectivity index (χ1v) is 8.86. The molecule has 0 unspecified atom stereocenters. The lowest BCUT2D eigenvalue weighted by atomic mass is 10.0. The zero-order valence-electron chi connectivity index (χ0n) is 10.8. The number of rotatable bonds is 5. The van der Waals surface area contributed by atoms with E-state index >= 15 is 0 Å². The third-order valence-corrected chi connectivity index (χ3v) is 6.23. The van der Waals surface area contributed by atoms with Crippen molar-refractivity contribution in [2.45, 2.75) is 30.6 Å². The zero-order valence-corrected chi connectivity index (χ0v) is 13.2. The topological polar surface area (TPSA) is 72.2 Å². The summed E-state index contributed by atoms with van der Waals surface area (Å²) in [5.41, 5.74) is 5.92. The van der Waals surface area contributed by atoms with Crippen LogP contribution in [-0.4, -0.2) is 15.0 Å². The summed E-state index contributed by atoms with van der Waals surface area (Å²) < 4.78 is 41.1. The Morgan fingerprint density at radius 1 is 1.40 bits per heavy atom. The number of anilines is 1. The van der Waals surface area contributed by atoms with Gasteiger partial charge in [0.15, 0.2) is 5.82 Å². The van der Waals surface area contributed by atoms with Gasteiger partial charge < -0.3 is 5.73 Å². The van der Waals surface area contributed by atoms with Gasteiger partial charge in [-0.15, -0.1) is 0 Å². The van der Waals surface area contributed by atoms with Crippen LogP contribution in [0.25, 0.3) is 0 Å². The van der Waals surface area contributed by atoms with Crippen LogP contribution < -0.4 is 10.5 Å². The maximum Gasteiger partial charge on any atom is 0.243 e. The van der Waals surface area contributed by atoms with E-state index in [1.54, 1.807) is 0 Å². The molecule has 2 fully saturated rings. The second kappa shape index (κ2) is 4.68. The van der Waals surface area contributed by atoms with E-state index in [0.717, 1.165) is 18.9 Å². The number of halogens is 2. The summed E-state index contributed by atoms with van der Waals surface area (Å²) in [6.45, 7) is 0.395. The van der Waals surface area contributed by atoms with E-state index in [0.29, 0.717) is 12.5 Å². The van der Waals surface area contributed by atoms with Gasteiger partial charge >= 0.3 is 0 Å². The summed E-state index contributed by atoms with van der Waals surface area (Å²) in [4.78, 5) is -0.393. The minimum absolute atomic E-state index is 0.0567. The highest BCUT2D eigenvalue weighted by Gasteiger charge is 2.53. The average Bonchev–Trinajstić information content (AvgIpc) is 3.24. The van der Waals surface area contributed by atoms with E-state index < -0.39 is 20.7 Å². The lowest BCUT2D eigenvalue weighted by Crippen LogP contribution is -2.32. The van der Waals surface area contributed by atoms with Crippen LogP contribution in [0, 0.1) is 17.2 Å². The second-order valence-electron chi connectivity index (χ2n) is 5.78. The van der Waals surface area contributed by atoms with Crippen LogP contribution in [-0.2, 0) is 10.0 Å². The van der Waals surface area contributed by atoms with Crippen LogP contribution in [0.4, 0.5) is 10.1 Å². The summed E-state index contributed by atoms with van der Waals surface area (Å²) in [5.74, 6) is -0.161. The normalized spacial score (nSPS) is 20.9. The molecule has 0 aliphatic heterocycles. The maximum absolute atomic E-state index is 14.0. The third-order valence-electron chi connectivity index (χ3n) is 4.26. The molecule has 0 amide bonds. The van der Waals surface area contributed by atoms with Crippen LogP contribution in [0.1, 0.15) is 25.7 Å². The molecule has 0 bridgehead atoms. The molecule has 0 saturated heterocycles. The predicted octanol–water partition coefficient (Wildman–Crippen LogP) is 2.64. The van der Waals surface area contributed by atoms with E-state index in [2.05, 4.69) is 20.7 Å². The summed E-state index contributed by atoms with van der Waals surface area (Å²) in [6.07, 6.45) is 4.48. The largest absolute Gasteiger partial charge is 0.399 e. The average molecular weight is 363 g/mol. The Morgan fingerprint density at radius 3 is 2.60 bits per heavy atom. The minimum atomic E-state index is -3.87. The third kappa shape index (κ3) is 2.58. The molecule has 1 aromatic carbocycles. The molecule has 2 saturated carbocycles. The van der Waals surface area contributed by atoms with Crippen molar-refractivity contribution in [1.29, 1.82) is 0 Å². The van der Waals surface area contributed by atoms with E-state index in [1.165, 1.54) is 18.9 Å². The van der Waals surface area contributed by atoms with Crippen molar-refractivity contribution in [1.82, 2.24) is 4.72 Å². The molecule has 2 aliphatic rings. The highest BCUT2D eigenvalue weighted by Crippen LogP contribution is 2.60. The van der Waals surface area contributed by atoms with Gasteiger partial charge in [-0.2, -0.15) is 0 Å². The van der Waals surface area contributed by atoms with Crippen molar-refractivity contribution >= 4 is 31.6 Å². The molecule has 0 aromatic heterocycles. The van der Waals surface area contributed by atoms with Crippen LogP contribution >= 0.6 is 15.9 Å². The van der Waals surface area contributed by atoms with Crippen LogP contribution in [0.5, 0.6) is 0 Å². The molecule has 7 heteroatoms. The predicted molar refractivity (Wildman–Crippen MR) is 78.1 cm³/mol. The van der Waals surface area contributed by atoms with E-state index in [4.69, 9.17) is 5.73 Å². The molecule has 3 rings (SSSR count). The maximum atomic E-state index is 14.0. The Labute approximate surface area is 126 Å². The molecule has 0 atom stereocenters. The fourth-order valence-corrected chi connectivity index (χ4v) is 4.56. The smallest absolute Gasteiger partial charge is 0.243 e. The second-order valence-corrected chi connectivity index (χ2v) is 8.37. The van der Waals surface area contributed by atoms with Gasteiger partial charge in [0.2, 0.25) is 10.0 Å². The molecule has 0 spiro atoms. The molecule has 1 aromatic rings. The summed E-state index contributed by atoms with van der Waals surface area (Å²) >= 11 is 2.98. The molecular formula is C13H16BrFN2O2S. The van der Waals surface area contributed by atoms with Gasteiger partial charge in [0.05, 0.1) is 4.47 Å². The molecular weight excluding hydrogens is 347 g/mol. The number of nitrogen functional groups attached to an aromatic ring is 1. The fourth-order valence-electron chi connectivity index (χ4n) is 2.68. The van der Waals surface area contributed by atoms with Gasteiger partial charge in [-0.3, -0.25) is 0 Å². The summed E-state index contributed by atoms with van der Waals surface area (Å²) in [7, 11) is -3.87. The Morgan fingerprint density at radius 2 is 2.05 bits per heavy atom. The van der Waals surface area contributed by atoms with Crippen molar-refractivity contribution < 1.29 is 12.8 Å². The van der Waals surface area contributed by atoms with Crippen molar-refractivity contribution in [2.75, 3.05) is 12.3 Å². The van der Waals surface area contributed by atoms with Crippen LogP contribution in [0.15, 0.2) is 21.5 Å². The van der Waals surface area contributed by atoms with E-state index in [-0.39, 0.29) is 15.6 Å². The molecule has 3 N–H and O–H groups in total. The van der Waals surface area contributed by atoms with E-state index in [9.17, 15) is 12.8 Å². The standard InChI is InChI=1S/C13H16BrFN2O2S/c14-10-5-9(16)6-11(12(10)15)20(18,19)17-7-13(3-4-13)8-1-2-8/h5-6,8,17H,1-4,7,16H2. The van der Waals surface area contributed by atoms with Crippen molar-refractivity contribution in [3.8, 4) is 0 Å². The van der Waals surface area contributed by atoms with Crippen molar-refractivity contribution in [2.24, 2.45) is 11.3 Å². The first-order valence-electron chi connectivity index (χ1n) is 6.58. The number of benzene rings is 1. The Balaban J connectivity index is 1.81. The zero-order chi connectivity index (χ0) is 14.5. The van der Waals surface area contributed by atoms with Gasteiger partial charge in [-0.1, -0.05) is 0 Å². The highest BCUT2D eigenvalue weighted by molar-refractivity contribution is 9.10. The summed E-state index contributed by atoms with van der Waals surface area (Å²) in [5, 5.41) is 0. The first kappa shape index (κ1) is 14.3. The SMILES string of the molecule is Nc1cc(Br)c(F)c(S(=O)(=O)NCC2(C3CC3)CC2)c1. The molecule has 0 heterocycles. The minimum Gasteiger partial charge on any atom is -0.399 e. The lowest BCUT2D eigenvalue weighted by molar-refractivity contribution is 0.431. The molecule has 0 radical (unpaired) electrons. The molecule has 4 nitrogen and oxygen atoms in total. The molecule has 110 valence electrons. The first-order chi connectivity index (χ1) is 9.34. The number of hydrogen-bond donors (Lipinski definition) is 2. The fraction of sp³-hybridized carbons (Fsp3) is 0.538. The van der Waals surface area contributed by atoms with Crippen LogP contribution in [0.3, 0.4) is 0 Å². The van der Waals surface area contributed by atoms with Gasteiger partial charge in [0.25, 0.3) is 0 Å². The Hall–Kier alpha value is -0.660. The summed E-state index contributed by atoms with van der Waals surface area (Å²) in [6, 6.07) is 2.50. The van der Waals surface area contributed by atoms with Gasteiger partial charge in [-0.05, 0) is 65.1 Å². The number of nitrogens with two attached hydrogens (primary N) is 1. The van der Waals surface area contributed by atoms with Crippen molar-refractivity contribution in [3.05, 3.63) is 22.4 Å². The highest BCUT2D eigenvalue weighted by atomic mass is 79.9. The number of hydrogen-bond acceptors (Lipinski definition) is 3. The molecule has 20 heavy (non-hydrogen) atoms. The van der Waals surface area contributed by atoms with E-state index in [1.807, 2.05) is 0 Å². The lowest BCUT2D eigenvalue weighted by Gasteiger charge is -2.16. The van der Waals surface area contributed by atoms with Gasteiger partial charge in [0, 0.05) is 12.2 Å². The number of nitrogens with one attached hydrogen (secondary N) is 1. The molecule has 2 aliphatic carbocycles. The van der Waals surface area contributed by atoms with Gasteiger partial charge in [0.1, 0.15) is 4.90 Å². The monoisotopic (exact) mass is 362 g/mol. The Kier molecular flexibility index (Phi) is 3.34. The quantitative estimate of drug-likeness (QED) is 0.790. The van der Waals surface area contributed by atoms with Gasteiger partial charge in [-0.25, -0.2) is 17.5 Å². The Bertz CT molecular complexity index is 655. The van der Waals surface area contributed by atoms with Crippen LogP contribution in [0.2, 0.25) is 0 Å². The number of sulfonamides is 1.